The first-order valence-electron chi connectivity index (χ1n) is 10.2. The van der Waals surface area contributed by atoms with Crippen LogP contribution in [0.3, 0.4) is 0 Å². The van der Waals surface area contributed by atoms with Gasteiger partial charge in [-0.1, -0.05) is 24.3 Å². The molecule has 5 nitrogen and oxygen atoms in total. The van der Waals surface area contributed by atoms with Crippen molar-refractivity contribution in [2.75, 3.05) is 0 Å². The Morgan fingerprint density at radius 1 is 1.00 bits per heavy atom. The molecule has 2 amide bonds. The van der Waals surface area contributed by atoms with Gasteiger partial charge in [0.15, 0.2) is 0 Å². The van der Waals surface area contributed by atoms with Gasteiger partial charge in [-0.3, -0.25) is 9.59 Å². The van der Waals surface area contributed by atoms with E-state index in [1.54, 1.807) is 0 Å². The third-order valence-electron chi connectivity index (χ3n) is 7.04. The Balaban J connectivity index is 1.23. The van der Waals surface area contributed by atoms with Crippen molar-refractivity contribution in [2.24, 2.45) is 40.6 Å². The standard InChI is InChI=1S/C23H17F3N2O3/c24-23(25,26)12-3-1-2-11(8-12)18-7-4-13(31-18)10-27-28-21(29)19-14-5-6-15(17-9-16(14)17)20(19)22(28)30/h1-8,10,14-17,19-20H,9H2. The smallest absolute Gasteiger partial charge is 0.416 e. The van der Waals surface area contributed by atoms with Crippen LogP contribution in [0, 0.1) is 35.5 Å². The molecule has 2 heterocycles. The monoisotopic (exact) mass is 426 g/mol. The molecule has 158 valence electrons. The van der Waals surface area contributed by atoms with Gasteiger partial charge in [-0.05, 0) is 54.4 Å². The number of carbonyl (C=O) groups is 2. The lowest BCUT2D eigenvalue weighted by Gasteiger charge is -2.37. The molecule has 6 unspecified atom stereocenters. The SMILES string of the molecule is O=C1C2C3C=CC(C4CC34)C2C(=O)N1N=Cc1ccc(-c2cccc(C(F)(F)F)c2)o1. The van der Waals surface area contributed by atoms with E-state index in [0.29, 0.717) is 11.8 Å². The summed E-state index contributed by atoms with van der Waals surface area (Å²) in [5.41, 5.74) is -0.496. The Hall–Kier alpha value is -3.16. The molecule has 8 heteroatoms. The van der Waals surface area contributed by atoms with Crippen LogP contribution in [0.4, 0.5) is 13.2 Å². The number of amides is 2. The second-order valence-electron chi connectivity index (χ2n) is 8.67. The molecule has 3 fully saturated rings. The molecule has 2 saturated carbocycles. The molecule has 1 aliphatic heterocycles. The number of hydrogen-bond acceptors (Lipinski definition) is 4. The molecule has 5 aliphatic rings. The number of furan rings is 1. The van der Waals surface area contributed by atoms with Gasteiger partial charge >= 0.3 is 6.18 Å². The molecule has 0 radical (unpaired) electrons. The number of benzene rings is 1. The molecule has 2 aromatic rings. The Kier molecular flexibility index (Phi) is 3.71. The molecule has 6 atom stereocenters. The molecular weight excluding hydrogens is 409 g/mol. The van der Waals surface area contributed by atoms with E-state index in [4.69, 9.17) is 4.42 Å². The van der Waals surface area contributed by atoms with Crippen LogP contribution in [-0.4, -0.2) is 23.0 Å². The van der Waals surface area contributed by atoms with Crippen molar-refractivity contribution in [3.05, 3.63) is 59.9 Å². The average molecular weight is 426 g/mol. The highest BCUT2D eigenvalue weighted by atomic mass is 19.4. The summed E-state index contributed by atoms with van der Waals surface area (Å²) in [5.74, 6) is 0.520. The van der Waals surface area contributed by atoms with Gasteiger partial charge in [0.05, 0.1) is 23.6 Å². The first-order chi connectivity index (χ1) is 14.8. The fraction of sp³-hybridized carbons (Fsp3) is 0.348. The van der Waals surface area contributed by atoms with Crippen molar-refractivity contribution >= 4 is 18.0 Å². The van der Waals surface area contributed by atoms with Crippen molar-refractivity contribution in [2.45, 2.75) is 12.6 Å². The van der Waals surface area contributed by atoms with E-state index < -0.39 is 11.7 Å². The highest BCUT2D eigenvalue weighted by Gasteiger charge is 2.67. The first kappa shape index (κ1) is 18.6. The van der Waals surface area contributed by atoms with E-state index in [2.05, 4.69) is 17.3 Å². The van der Waals surface area contributed by atoms with Gasteiger partial charge in [0.1, 0.15) is 11.5 Å². The minimum Gasteiger partial charge on any atom is -0.455 e. The summed E-state index contributed by atoms with van der Waals surface area (Å²) in [6.45, 7) is 0. The fourth-order valence-corrected chi connectivity index (χ4v) is 5.60. The van der Waals surface area contributed by atoms with E-state index in [-0.39, 0.29) is 52.6 Å². The number of hydrazone groups is 1. The maximum atomic E-state index is 12.9. The summed E-state index contributed by atoms with van der Waals surface area (Å²) in [6.07, 6.45) is 2.08. The van der Waals surface area contributed by atoms with E-state index in [0.717, 1.165) is 23.6 Å². The molecule has 0 spiro atoms. The van der Waals surface area contributed by atoms with Crippen LogP contribution in [0.1, 0.15) is 17.7 Å². The highest BCUT2D eigenvalue weighted by Crippen LogP contribution is 2.65. The Bertz CT molecular complexity index is 1130. The van der Waals surface area contributed by atoms with Crippen molar-refractivity contribution in [1.29, 1.82) is 0 Å². The second-order valence-corrected chi connectivity index (χ2v) is 8.67. The average Bonchev–Trinajstić information content (AvgIpc) is 3.38. The molecule has 4 aliphatic carbocycles. The zero-order valence-corrected chi connectivity index (χ0v) is 16.1. The minimum absolute atomic E-state index is 0.118. The summed E-state index contributed by atoms with van der Waals surface area (Å²) in [6, 6.07) is 7.89. The summed E-state index contributed by atoms with van der Waals surface area (Å²) >= 11 is 0. The lowest BCUT2D eigenvalue weighted by molar-refractivity contribution is -0.140. The number of rotatable bonds is 3. The van der Waals surface area contributed by atoms with Crippen LogP contribution in [0.25, 0.3) is 11.3 Å². The molecule has 1 aromatic carbocycles. The van der Waals surface area contributed by atoms with Crippen molar-refractivity contribution < 1.29 is 27.2 Å². The number of carbonyl (C=O) groups excluding carboxylic acids is 2. The maximum absolute atomic E-state index is 12.9. The highest BCUT2D eigenvalue weighted by molar-refractivity contribution is 6.06. The van der Waals surface area contributed by atoms with E-state index >= 15 is 0 Å². The fourth-order valence-electron chi connectivity index (χ4n) is 5.60. The van der Waals surface area contributed by atoms with Gasteiger partial charge < -0.3 is 4.42 Å². The molecule has 7 rings (SSSR count). The Morgan fingerprint density at radius 2 is 1.68 bits per heavy atom. The summed E-state index contributed by atoms with van der Waals surface area (Å²) in [4.78, 5) is 25.8. The molecule has 1 saturated heterocycles. The summed E-state index contributed by atoms with van der Waals surface area (Å²) in [7, 11) is 0. The predicted octanol–water partition coefficient (Wildman–Crippen LogP) is 4.35. The summed E-state index contributed by atoms with van der Waals surface area (Å²) in [5, 5.41) is 5.03. The molecule has 31 heavy (non-hydrogen) atoms. The molecule has 1 aromatic heterocycles. The number of imide groups is 1. The second kappa shape index (κ2) is 6.18. The predicted molar refractivity (Wildman–Crippen MR) is 103 cm³/mol. The lowest BCUT2D eigenvalue weighted by atomic mass is 9.63. The van der Waals surface area contributed by atoms with Crippen LogP contribution in [-0.2, 0) is 15.8 Å². The zero-order valence-electron chi connectivity index (χ0n) is 16.1. The topological polar surface area (TPSA) is 62.9 Å². The maximum Gasteiger partial charge on any atom is 0.416 e. The number of allylic oxidation sites excluding steroid dienone is 2. The quantitative estimate of drug-likeness (QED) is 0.416. The van der Waals surface area contributed by atoms with Gasteiger partial charge in [0, 0.05) is 5.56 Å². The first-order valence-corrected chi connectivity index (χ1v) is 10.2. The summed E-state index contributed by atoms with van der Waals surface area (Å²) < 4.78 is 44.4. The Labute approximate surface area is 175 Å². The van der Waals surface area contributed by atoms with Gasteiger partial charge in [0.2, 0.25) is 0 Å². The number of nitrogens with zero attached hydrogens (tertiary/aromatic N) is 2. The third kappa shape index (κ3) is 2.73. The van der Waals surface area contributed by atoms with E-state index in [9.17, 15) is 22.8 Å². The number of alkyl halides is 3. The molecule has 2 bridgehead atoms. The van der Waals surface area contributed by atoms with Crippen molar-refractivity contribution in [3.63, 3.8) is 0 Å². The number of hydrogen-bond donors (Lipinski definition) is 0. The largest absolute Gasteiger partial charge is 0.455 e. The zero-order chi connectivity index (χ0) is 21.5. The normalized spacial score (nSPS) is 33.3. The van der Waals surface area contributed by atoms with Gasteiger partial charge in [-0.25, -0.2) is 0 Å². The van der Waals surface area contributed by atoms with Crippen LogP contribution in [0.15, 0.2) is 58.1 Å². The molecule has 0 N–H and O–H groups in total. The van der Waals surface area contributed by atoms with Crippen LogP contribution in [0.5, 0.6) is 0 Å². The van der Waals surface area contributed by atoms with Crippen molar-refractivity contribution in [3.8, 4) is 11.3 Å². The van der Waals surface area contributed by atoms with Crippen molar-refractivity contribution in [1.82, 2.24) is 5.01 Å². The Morgan fingerprint density at radius 3 is 2.32 bits per heavy atom. The van der Waals surface area contributed by atoms with Crippen LogP contribution in [0.2, 0.25) is 0 Å². The van der Waals surface area contributed by atoms with Gasteiger partial charge in [-0.15, -0.1) is 0 Å². The minimum atomic E-state index is -4.45. The van der Waals surface area contributed by atoms with E-state index in [1.165, 1.54) is 30.5 Å². The lowest BCUT2D eigenvalue weighted by Crippen LogP contribution is -2.40. The third-order valence-corrected chi connectivity index (χ3v) is 7.04. The van der Waals surface area contributed by atoms with Crippen LogP contribution < -0.4 is 0 Å². The van der Waals surface area contributed by atoms with Crippen LogP contribution >= 0.6 is 0 Å². The number of halogens is 3. The van der Waals surface area contributed by atoms with Gasteiger partial charge in [-0.2, -0.15) is 23.3 Å². The van der Waals surface area contributed by atoms with E-state index in [1.807, 2.05) is 0 Å². The van der Waals surface area contributed by atoms with Gasteiger partial charge in [0.25, 0.3) is 11.8 Å². The molecular formula is C23H17F3N2O3.